The van der Waals surface area contributed by atoms with Gasteiger partial charge >= 0.3 is 0 Å². The van der Waals surface area contributed by atoms with Crippen LogP contribution >= 0.6 is 0 Å². The number of hydrogen-bond acceptors (Lipinski definition) is 5. The SMILES string of the molecule is CCc1c(C)nc(N)nc1NCc1ccc(CN(C)C)cc1. The molecule has 1 heterocycles. The molecule has 0 bridgehead atoms. The predicted molar refractivity (Wildman–Crippen MR) is 91.7 cm³/mol. The van der Waals surface area contributed by atoms with Gasteiger partial charge in [-0.15, -0.1) is 0 Å². The van der Waals surface area contributed by atoms with Crippen molar-refractivity contribution in [2.75, 3.05) is 25.1 Å². The minimum Gasteiger partial charge on any atom is -0.368 e. The van der Waals surface area contributed by atoms with Crippen LogP contribution in [0.15, 0.2) is 24.3 Å². The van der Waals surface area contributed by atoms with Crippen LogP contribution in [0.2, 0.25) is 0 Å². The van der Waals surface area contributed by atoms with Gasteiger partial charge in [0.15, 0.2) is 0 Å². The number of hydrogen-bond donors (Lipinski definition) is 2. The number of aryl methyl sites for hydroxylation is 1. The molecule has 0 aliphatic heterocycles. The van der Waals surface area contributed by atoms with E-state index in [-0.39, 0.29) is 0 Å². The second kappa shape index (κ2) is 7.22. The molecule has 0 fully saturated rings. The molecule has 5 heteroatoms. The molecule has 0 spiro atoms. The van der Waals surface area contributed by atoms with E-state index < -0.39 is 0 Å². The van der Waals surface area contributed by atoms with Crippen LogP contribution in [-0.4, -0.2) is 29.0 Å². The molecular weight excluding hydrogens is 274 g/mol. The van der Waals surface area contributed by atoms with E-state index in [0.717, 1.165) is 36.6 Å². The van der Waals surface area contributed by atoms with Crippen molar-refractivity contribution in [2.45, 2.75) is 33.4 Å². The molecule has 5 nitrogen and oxygen atoms in total. The van der Waals surface area contributed by atoms with Gasteiger partial charge in [-0.2, -0.15) is 4.98 Å². The molecule has 1 aromatic heterocycles. The van der Waals surface area contributed by atoms with Gasteiger partial charge in [0, 0.05) is 24.3 Å². The van der Waals surface area contributed by atoms with Crippen molar-refractivity contribution in [3.05, 3.63) is 46.6 Å². The topological polar surface area (TPSA) is 67.1 Å². The fourth-order valence-corrected chi connectivity index (χ4v) is 2.50. The maximum Gasteiger partial charge on any atom is 0.222 e. The van der Waals surface area contributed by atoms with Gasteiger partial charge in [-0.05, 0) is 38.6 Å². The Labute approximate surface area is 132 Å². The van der Waals surface area contributed by atoms with Crippen molar-refractivity contribution in [2.24, 2.45) is 0 Å². The van der Waals surface area contributed by atoms with Crippen LogP contribution in [0.1, 0.15) is 29.3 Å². The number of aromatic nitrogens is 2. The van der Waals surface area contributed by atoms with E-state index in [0.29, 0.717) is 5.95 Å². The Kier molecular flexibility index (Phi) is 5.33. The maximum absolute atomic E-state index is 5.75. The summed E-state index contributed by atoms with van der Waals surface area (Å²) in [5, 5.41) is 3.38. The molecular formula is C17H25N5. The lowest BCUT2D eigenvalue weighted by molar-refractivity contribution is 0.402. The standard InChI is InChI=1S/C17H25N5/c1-5-15-12(2)20-17(18)21-16(15)19-10-13-6-8-14(9-7-13)11-22(3)4/h6-9H,5,10-11H2,1-4H3,(H3,18,19,20,21). The predicted octanol–water partition coefficient (Wildman–Crippen LogP) is 2.60. The molecule has 0 saturated carbocycles. The summed E-state index contributed by atoms with van der Waals surface area (Å²) in [5.74, 6) is 1.16. The van der Waals surface area contributed by atoms with E-state index in [1.165, 1.54) is 11.1 Å². The third-order valence-corrected chi connectivity index (χ3v) is 3.57. The third kappa shape index (κ3) is 4.18. The Morgan fingerprint density at radius 2 is 1.73 bits per heavy atom. The normalized spacial score (nSPS) is 11.0. The summed E-state index contributed by atoms with van der Waals surface area (Å²) < 4.78 is 0. The molecule has 0 radical (unpaired) electrons. The zero-order valence-corrected chi connectivity index (χ0v) is 13.8. The Hall–Kier alpha value is -2.14. The van der Waals surface area contributed by atoms with E-state index in [1.54, 1.807) is 0 Å². The van der Waals surface area contributed by atoms with E-state index in [9.17, 15) is 0 Å². The van der Waals surface area contributed by atoms with Crippen molar-refractivity contribution in [1.29, 1.82) is 0 Å². The highest BCUT2D eigenvalue weighted by Gasteiger charge is 2.08. The molecule has 0 amide bonds. The van der Waals surface area contributed by atoms with Gasteiger partial charge in [-0.3, -0.25) is 0 Å². The van der Waals surface area contributed by atoms with Crippen LogP contribution in [0.25, 0.3) is 0 Å². The number of benzene rings is 1. The number of nitrogens with zero attached hydrogens (tertiary/aromatic N) is 3. The largest absolute Gasteiger partial charge is 0.368 e. The average Bonchev–Trinajstić information content (AvgIpc) is 2.45. The minimum absolute atomic E-state index is 0.318. The molecule has 0 atom stereocenters. The molecule has 0 unspecified atom stereocenters. The zero-order valence-electron chi connectivity index (χ0n) is 13.8. The Balaban J connectivity index is 2.07. The van der Waals surface area contributed by atoms with Gasteiger partial charge in [0.2, 0.25) is 5.95 Å². The van der Waals surface area contributed by atoms with Gasteiger partial charge in [0.05, 0.1) is 0 Å². The first-order valence-electron chi connectivity index (χ1n) is 7.59. The first kappa shape index (κ1) is 16.2. The van der Waals surface area contributed by atoms with Crippen LogP contribution in [0.3, 0.4) is 0 Å². The molecule has 3 N–H and O–H groups in total. The first-order chi connectivity index (χ1) is 10.5. The summed E-state index contributed by atoms with van der Waals surface area (Å²) in [4.78, 5) is 10.7. The maximum atomic E-state index is 5.75. The van der Waals surface area contributed by atoms with Crippen molar-refractivity contribution in [1.82, 2.24) is 14.9 Å². The summed E-state index contributed by atoms with van der Waals surface area (Å²) in [6.45, 7) is 5.75. The lowest BCUT2D eigenvalue weighted by atomic mass is 10.1. The van der Waals surface area contributed by atoms with E-state index in [4.69, 9.17) is 5.73 Å². The van der Waals surface area contributed by atoms with Crippen molar-refractivity contribution in [3.8, 4) is 0 Å². The number of nitrogen functional groups attached to an aromatic ring is 1. The van der Waals surface area contributed by atoms with Crippen LogP contribution < -0.4 is 11.1 Å². The highest BCUT2D eigenvalue weighted by atomic mass is 15.1. The average molecular weight is 299 g/mol. The second-order valence-corrected chi connectivity index (χ2v) is 5.76. The molecule has 0 aliphatic carbocycles. The molecule has 0 saturated heterocycles. The van der Waals surface area contributed by atoms with Gasteiger partial charge < -0.3 is 16.0 Å². The Morgan fingerprint density at radius 3 is 2.32 bits per heavy atom. The third-order valence-electron chi connectivity index (χ3n) is 3.57. The number of anilines is 2. The van der Waals surface area contributed by atoms with Crippen LogP contribution in [-0.2, 0) is 19.5 Å². The van der Waals surface area contributed by atoms with Crippen molar-refractivity contribution in [3.63, 3.8) is 0 Å². The van der Waals surface area contributed by atoms with Crippen molar-refractivity contribution < 1.29 is 0 Å². The lowest BCUT2D eigenvalue weighted by Crippen LogP contribution is -2.11. The monoisotopic (exact) mass is 299 g/mol. The van der Waals surface area contributed by atoms with Gasteiger partial charge in [0.1, 0.15) is 5.82 Å². The number of nitrogens with one attached hydrogen (secondary N) is 1. The summed E-state index contributed by atoms with van der Waals surface area (Å²) >= 11 is 0. The second-order valence-electron chi connectivity index (χ2n) is 5.76. The van der Waals surface area contributed by atoms with E-state index in [2.05, 4.69) is 65.5 Å². The Bertz CT molecular complexity index is 620. The molecule has 2 aromatic rings. The van der Waals surface area contributed by atoms with Gasteiger partial charge in [0.25, 0.3) is 0 Å². The van der Waals surface area contributed by atoms with Gasteiger partial charge in [-0.25, -0.2) is 4.98 Å². The fraction of sp³-hybridized carbons (Fsp3) is 0.412. The van der Waals surface area contributed by atoms with Crippen LogP contribution in [0, 0.1) is 6.92 Å². The van der Waals surface area contributed by atoms with Crippen molar-refractivity contribution >= 4 is 11.8 Å². The van der Waals surface area contributed by atoms with E-state index >= 15 is 0 Å². The molecule has 2 rings (SSSR count). The smallest absolute Gasteiger partial charge is 0.222 e. The van der Waals surface area contributed by atoms with Crippen LogP contribution in [0.4, 0.5) is 11.8 Å². The van der Waals surface area contributed by atoms with Gasteiger partial charge in [-0.1, -0.05) is 31.2 Å². The fourth-order valence-electron chi connectivity index (χ4n) is 2.50. The quantitative estimate of drug-likeness (QED) is 0.858. The molecule has 22 heavy (non-hydrogen) atoms. The molecule has 118 valence electrons. The summed E-state index contributed by atoms with van der Waals surface area (Å²) in [6.07, 6.45) is 0.885. The number of nitrogens with two attached hydrogens (primary N) is 1. The lowest BCUT2D eigenvalue weighted by Gasteiger charge is -2.13. The van der Waals surface area contributed by atoms with Crippen LogP contribution in [0.5, 0.6) is 0 Å². The Morgan fingerprint density at radius 1 is 1.09 bits per heavy atom. The summed E-state index contributed by atoms with van der Waals surface area (Å²) in [6, 6.07) is 8.62. The highest BCUT2D eigenvalue weighted by Crippen LogP contribution is 2.18. The highest BCUT2D eigenvalue weighted by molar-refractivity contribution is 5.49. The number of rotatable bonds is 6. The summed E-state index contributed by atoms with van der Waals surface area (Å²) in [5.41, 5.74) is 10.4. The molecule has 1 aromatic carbocycles. The summed E-state index contributed by atoms with van der Waals surface area (Å²) in [7, 11) is 4.15. The van der Waals surface area contributed by atoms with E-state index in [1.807, 2.05) is 6.92 Å². The first-order valence-corrected chi connectivity index (χ1v) is 7.59. The zero-order chi connectivity index (χ0) is 16.1. The minimum atomic E-state index is 0.318. The molecule has 0 aliphatic rings.